The van der Waals surface area contributed by atoms with Gasteiger partial charge in [0.25, 0.3) is 0 Å². The van der Waals surface area contributed by atoms with E-state index in [0.717, 1.165) is 21.9 Å². The van der Waals surface area contributed by atoms with Gasteiger partial charge in [0.15, 0.2) is 11.9 Å². The van der Waals surface area contributed by atoms with Crippen LogP contribution in [0.5, 0.6) is 0 Å². The molecule has 4 rings (SSSR count). The molecule has 0 amide bonds. The Morgan fingerprint density at radius 1 is 0.846 bits per heavy atom. The topological polar surface area (TPSA) is 66.8 Å². The molecule has 1 aliphatic rings. The van der Waals surface area contributed by atoms with Crippen molar-refractivity contribution in [1.82, 2.24) is 0 Å². The number of benzene rings is 3. The summed E-state index contributed by atoms with van der Waals surface area (Å²) in [5.41, 5.74) is 2.23. The average Bonchev–Trinajstić information content (AvgIpc) is 2.89. The van der Waals surface area contributed by atoms with Crippen LogP contribution >= 0.6 is 23.2 Å². The van der Waals surface area contributed by atoms with Crippen LogP contribution in [-0.4, -0.2) is 16.2 Å². The Labute approximate surface area is 158 Å². The predicted molar refractivity (Wildman–Crippen MR) is 101 cm³/mol. The van der Waals surface area contributed by atoms with E-state index in [1.165, 1.54) is 0 Å². The molecule has 3 aromatic rings. The molecule has 0 fully saturated rings. The number of fused-ring (bicyclic) bond motifs is 1. The molecule has 0 bridgehead atoms. The molecule has 1 atom stereocenters. The smallest absolute Gasteiger partial charge is 0.378 e. The molecule has 3 aromatic carbocycles. The summed E-state index contributed by atoms with van der Waals surface area (Å²) in [7, 11) is 0. The second-order valence-electron chi connectivity index (χ2n) is 5.90. The summed E-state index contributed by atoms with van der Waals surface area (Å²) < 4.78 is 4.97. The zero-order valence-corrected chi connectivity index (χ0v) is 14.8. The minimum Gasteiger partial charge on any atom is -0.505 e. The van der Waals surface area contributed by atoms with E-state index in [2.05, 4.69) is 0 Å². The SMILES string of the molecule is O=C1OC(c2ccc(-c3c(Cl)ccc4c(Cl)cccc34)cc2)C(O)=C1O. The van der Waals surface area contributed by atoms with Crippen LogP contribution in [0.1, 0.15) is 11.7 Å². The van der Waals surface area contributed by atoms with Gasteiger partial charge >= 0.3 is 5.97 Å². The lowest BCUT2D eigenvalue weighted by Crippen LogP contribution is -2.03. The maximum absolute atomic E-state index is 11.4. The number of esters is 1. The van der Waals surface area contributed by atoms with E-state index in [1.54, 1.807) is 18.2 Å². The fourth-order valence-corrected chi connectivity index (χ4v) is 3.60. The summed E-state index contributed by atoms with van der Waals surface area (Å²) in [6.07, 6.45) is -1.01. The Morgan fingerprint density at radius 3 is 2.23 bits per heavy atom. The fourth-order valence-electron chi connectivity index (χ4n) is 3.08. The minimum atomic E-state index is -1.01. The first-order valence-corrected chi connectivity index (χ1v) is 8.53. The lowest BCUT2D eigenvalue weighted by atomic mass is 9.96. The van der Waals surface area contributed by atoms with Gasteiger partial charge in [0.1, 0.15) is 0 Å². The Hall–Kier alpha value is -2.69. The van der Waals surface area contributed by atoms with Gasteiger partial charge in [-0.3, -0.25) is 0 Å². The molecule has 1 aliphatic heterocycles. The second-order valence-corrected chi connectivity index (χ2v) is 6.71. The molecule has 0 saturated heterocycles. The molecular weight excluding hydrogens is 375 g/mol. The number of hydrogen-bond acceptors (Lipinski definition) is 4. The quantitative estimate of drug-likeness (QED) is 0.551. The monoisotopic (exact) mass is 386 g/mol. The van der Waals surface area contributed by atoms with Gasteiger partial charge in [0, 0.05) is 26.6 Å². The standard InChI is InChI=1S/C20H12Cl2O4/c21-14-3-1-2-13-12(14)8-9-15(22)16(13)10-4-6-11(7-5-10)19-17(23)18(24)20(25)26-19/h1-9,19,23-24H. The van der Waals surface area contributed by atoms with Crippen molar-refractivity contribution in [1.29, 1.82) is 0 Å². The molecule has 0 radical (unpaired) electrons. The van der Waals surface area contributed by atoms with Crippen LogP contribution in [0.2, 0.25) is 10.0 Å². The fraction of sp³-hybridized carbons (Fsp3) is 0.0500. The molecule has 1 unspecified atom stereocenters. The maximum atomic E-state index is 11.4. The van der Waals surface area contributed by atoms with Gasteiger partial charge in [0.05, 0.1) is 0 Å². The summed E-state index contributed by atoms with van der Waals surface area (Å²) in [6, 6.07) is 16.3. The van der Waals surface area contributed by atoms with Gasteiger partial charge in [-0.15, -0.1) is 0 Å². The highest BCUT2D eigenvalue weighted by molar-refractivity contribution is 6.38. The summed E-state index contributed by atoms with van der Waals surface area (Å²) in [4.78, 5) is 11.4. The Bertz CT molecular complexity index is 1070. The highest BCUT2D eigenvalue weighted by Crippen LogP contribution is 2.39. The number of hydrogen-bond donors (Lipinski definition) is 2. The van der Waals surface area contributed by atoms with E-state index in [-0.39, 0.29) is 0 Å². The van der Waals surface area contributed by atoms with E-state index >= 15 is 0 Å². The van der Waals surface area contributed by atoms with Gasteiger partial charge in [0.2, 0.25) is 5.76 Å². The predicted octanol–water partition coefficient (Wildman–Crippen LogP) is 5.74. The first-order chi connectivity index (χ1) is 12.5. The molecule has 4 nitrogen and oxygen atoms in total. The van der Waals surface area contributed by atoms with Gasteiger partial charge in [-0.25, -0.2) is 4.79 Å². The lowest BCUT2D eigenvalue weighted by molar-refractivity contribution is -0.142. The maximum Gasteiger partial charge on any atom is 0.378 e. The number of carbonyl (C=O) groups excluding carboxylic acids is 1. The number of ether oxygens (including phenoxy) is 1. The van der Waals surface area contributed by atoms with E-state index in [0.29, 0.717) is 15.6 Å². The summed E-state index contributed by atoms with van der Waals surface area (Å²) >= 11 is 12.7. The van der Waals surface area contributed by atoms with Gasteiger partial charge in [-0.05, 0) is 23.1 Å². The highest BCUT2D eigenvalue weighted by atomic mass is 35.5. The van der Waals surface area contributed by atoms with Gasteiger partial charge < -0.3 is 14.9 Å². The van der Waals surface area contributed by atoms with Crippen molar-refractivity contribution in [2.24, 2.45) is 0 Å². The zero-order chi connectivity index (χ0) is 18.4. The average molecular weight is 387 g/mol. The molecule has 1 heterocycles. The molecule has 0 aromatic heterocycles. The summed E-state index contributed by atoms with van der Waals surface area (Å²) in [5, 5.41) is 22.3. The number of cyclic esters (lactones) is 1. The van der Waals surface area contributed by atoms with Crippen molar-refractivity contribution in [2.75, 3.05) is 0 Å². The van der Waals surface area contributed by atoms with Crippen LogP contribution in [0, 0.1) is 0 Å². The summed E-state index contributed by atoms with van der Waals surface area (Å²) in [5.74, 6) is -2.19. The molecule has 0 spiro atoms. The Kier molecular flexibility index (Phi) is 4.02. The van der Waals surface area contributed by atoms with Crippen molar-refractivity contribution >= 4 is 39.9 Å². The van der Waals surface area contributed by atoms with Crippen LogP contribution in [0.4, 0.5) is 0 Å². The van der Waals surface area contributed by atoms with E-state index < -0.39 is 23.6 Å². The molecule has 130 valence electrons. The molecule has 2 N–H and O–H groups in total. The van der Waals surface area contributed by atoms with Gasteiger partial charge in [-0.2, -0.15) is 0 Å². The second kappa shape index (κ2) is 6.24. The first kappa shape index (κ1) is 16.8. The van der Waals surface area contributed by atoms with E-state index in [9.17, 15) is 15.0 Å². The first-order valence-electron chi connectivity index (χ1n) is 7.77. The van der Waals surface area contributed by atoms with Crippen molar-refractivity contribution < 1.29 is 19.7 Å². The van der Waals surface area contributed by atoms with Crippen LogP contribution in [0.25, 0.3) is 21.9 Å². The van der Waals surface area contributed by atoms with E-state index in [4.69, 9.17) is 27.9 Å². The number of carbonyl (C=O) groups is 1. The zero-order valence-electron chi connectivity index (χ0n) is 13.2. The number of aliphatic hydroxyl groups excluding tert-OH is 2. The highest BCUT2D eigenvalue weighted by Gasteiger charge is 2.35. The number of halogens is 2. The Morgan fingerprint density at radius 2 is 1.58 bits per heavy atom. The normalized spacial score (nSPS) is 17.0. The third kappa shape index (κ3) is 2.59. The van der Waals surface area contributed by atoms with Crippen LogP contribution in [-0.2, 0) is 9.53 Å². The third-order valence-corrected chi connectivity index (χ3v) is 5.01. The molecular formula is C20H12Cl2O4. The Balaban J connectivity index is 1.80. The van der Waals surface area contributed by atoms with Crippen molar-refractivity contribution in [3.8, 4) is 11.1 Å². The van der Waals surface area contributed by atoms with Crippen molar-refractivity contribution in [3.63, 3.8) is 0 Å². The third-order valence-electron chi connectivity index (χ3n) is 4.37. The van der Waals surface area contributed by atoms with E-state index in [1.807, 2.05) is 36.4 Å². The molecule has 6 heteroatoms. The minimum absolute atomic E-state index is 0.488. The molecule has 0 saturated carbocycles. The van der Waals surface area contributed by atoms with Crippen LogP contribution in [0.15, 0.2) is 66.1 Å². The number of aliphatic hydroxyl groups is 2. The molecule has 26 heavy (non-hydrogen) atoms. The van der Waals surface area contributed by atoms with Crippen molar-refractivity contribution in [3.05, 3.63) is 81.7 Å². The largest absolute Gasteiger partial charge is 0.505 e. The van der Waals surface area contributed by atoms with Gasteiger partial charge in [-0.1, -0.05) is 65.7 Å². The molecule has 0 aliphatic carbocycles. The summed E-state index contributed by atoms with van der Waals surface area (Å²) in [6.45, 7) is 0. The number of rotatable bonds is 2. The van der Waals surface area contributed by atoms with Crippen molar-refractivity contribution in [2.45, 2.75) is 6.10 Å². The lowest BCUT2D eigenvalue weighted by Gasteiger charge is -2.13. The van der Waals surface area contributed by atoms with Crippen LogP contribution in [0.3, 0.4) is 0 Å². The van der Waals surface area contributed by atoms with Crippen LogP contribution < -0.4 is 0 Å².